The predicted octanol–water partition coefficient (Wildman–Crippen LogP) is 0.296. The van der Waals surface area contributed by atoms with Crippen LogP contribution in [0.5, 0.6) is 0 Å². The standard InChI is InChI=1S/C14H25N3O3S/c1-15-13(17-11-7-10-3-4-12(11)20-10)16-8-14(5-6-14)9-21(2,18)19/h10-12H,3-9H2,1-2H3,(H2,15,16,17). The normalized spacial score (nSPS) is 34.0. The number of hydrogen-bond donors (Lipinski definition) is 2. The molecule has 3 aliphatic rings. The number of fused-ring (bicyclic) bond motifs is 2. The first-order valence-corrected chi connectivity index (χ1v) is 9.76. The Hall–Kier alpha value is -0.820. The lowest BCUT2D eigenvalue weighted by atomic mass is 9.96. The maximum atomic E-state index is 11.5. The fraction of sp³-hybridized carbons (Fsp3) is 0.929. The molecule has 0 radical (unpaired) electrons. The molecule has 1 saturated carbocycles. The molecule has 6 nitrogen and oxygen atoms in total. The van der Waals surface area contributed by atoms with Crippen molar-refractivity contribution in [3.05, 3.63) is 0 Å². The van der Waals surface area contributed by atoms with Crippen LogP contribution in [0.15, 0.2) is 4.99 Å². The molecule has 3 fully saturated rings. The maximum Gasteiger partial charge on any atom is 0.191 e. The Morgan fingerprint density at radius 3 is 2.62 bits per heavy atom. The van der Waals surface area contributed by atoms with Crippen LogP contribution in [0.25, 0.3) is 0 Å². The van der Waals surface area contributed by atoms with E-state index in [0.29, 0.717) is 24.8 Å². The van der Waals surface area contributed by atoms with Gasteiger partial charge in [0, 0.05) is 25.3 Å². The molecule has 2 bridgehead atoms. The topological polar surface area (TPSA) is 79.8 Å². The lowest BCUT2D eigenvalue weighted by Crippen LogP contribution is -2.49. The van der Waals surface area contributed by atoms with E-state index in [-0.39, 0.29) is 11.2 Å². The SMILES string of the molecule is CN=C(NCC1(CS(C)(=O)=O)CC1)NC1CC2CCC1O2. The van der Waals surface area contributed by atoms with Crippen molar-refractivity contribution in [2.45, 2.75) is 50.4 Å². The van der Waals surface area contributed by atoms with E-state index in [1.165, 1.54) is 12.7 Å². The Morgan fingerprint density at radius 1 is 1.38 bits per heavy atom. The number of nitrogens with one attached hydrogen (secondary N) is 2. The van der Waals surface area contributed by atoms with Crippen molar-refractivity contribution in [1.82, 2.24) is 10.6 Å². The van der Waals surface area contributed by atoms with E-state index in [1.54, 1.807) is 7.05 Å². The van der Waals surface area contributed by atoms with Crippen molar-refractivity contribution >= 4 is 15.8 Å². The van der Waals surface area contributed by atoms with Gasteiger partial charge in [0.05, 0.1) is 24.0 Å². The van der Waals surface area contributed by atoms with Gasteiger partial charge in [-0.1, -0.05) is 0 Å². The zero-order valence-electron chi connectivity index (χ0n) is 12.8. The number of hydrogen-bond acceptors (Lipinski definition) is 4. The summed E-state index contributed by atoms with van der Waals surface area (Å²) in [6.45, 7) is 0.668. The van der Waals surface area contributed by atoms with Gasteiger partial charge in [-0.05, 0) is 32.1 Å². The summed E-state index contributed by atoms with van der Waals surface area (Å²) in [5.41, 5.74) is -0.0869. The van der Waals surface area contributed by atoms with Gasteiger partial charge in [-0.3, -0.25) is 4.99 Å². The number of nitrogens with zero attached hydrogens (tertiary/aromatic N) is 1. The van der Waals surface area contributed by atoms with Crippen LogP contribution in [0.1, 0.15) is 32.1 Å². The molecular weight excluding hydrogens is 290 g/mol. The second-order valence-electron chi connectivity index (χ2n) is 6.86. The van der Waals surface area contributed by atoms with Crippen LogP contribution in [-0.4, -0.2) is 58.2 Å². The van der Waals surface area contributed by atoms with E-state index in [9.17, 15) is 8.42 Å². The molecule has 3 rings (SSSR count). The van der Waals surface area contributed by atoms with Crippen molar-refractivity contribution in [2.75, 3.05) is 25.6 Å². The minimum absolute atomic E-state index is 0.0869. The summed E-state index contributed by atoms with van der Waals surface area (Å²) in [7, 11) is -1.17. The largest absolute Gasteiger partial charge is 0.373 e. The molecule has 3 atom stereocenters. The van der Waals surface area contributed by atoms with E-state index in [0.717, 1.165) is 31.6 Å². The van der Waals surface area contributed by atoms with Crippen LogP contribution in [0.3, 0.4) is 0 Å². The van der Waals surface area contributed by atoms with Gasteiger partial charge in [0.1, 0.15) is 9.84 Å². The zero-order valence-corrected chi connectivity index (χ0v) is 13.6. The summed E-state index contributed by atoms with van der Waals surface area (Å²) in [4.78, 5) is 4.25. The quantitative estimate of drug-likeness (QED) is 0.563. The van der Waals surface area contributed by atoms with Crippen molar-refractivity contribution in [1.29, 1.82) is 0 Å². The van der Waals surface area contributed by atoms with Gasteiger partial charge in [-0.25, -0.2) is 8.42 Å². The molecule has 0 aromatic carbocycles. The van der Waals surface area contributed by atoms with Gasteiger partial charge in [-0.2, -0.15) is 0 Å². The number of rotatable bonds is 5. The number of aliphatic imine (C=N–C) groups is 1. The first-order valence-electron chi connectivity index (χ1n) is 7.70. The summed E-state index contributed by atoms with van der Waals surface area (Å²) >= 11 is 0. The molecule has 0 amide bonds. The van der Waals surface area contributed by atoms with E-state index >= 15 is 0 Å². The van der Waals surface area contributed by atoms with Crippen LogP contribution in [0.2, 0.25) is 0 Å². The highest BCUT2D eigenvalue weighted by Crippen LogP contribution is 2.46. The molecule has 0 spiro atoms. The average molecular weight is 315 g/mol. The van der Waals surface area contributed by atoms with Crippen molar-refractivity contribution < 1.29 is 13.2 Å². The molecule has 0 aromatic rings. The minimum atomic E-state index is -2.92. The van der Waals surface area contributed by atoms with Gasteiger partial charge < -0.3 is 15.4 Å². The second kappa shape index (κ2) is 5.43. The van der Waals surface area contributed by atoms with Gasteiger partial charge in [0.25, 0.3) is 0 Å². The lowest BCUT2D eigenvalue weighted by Gasteiger charge is -2.24. The fourth-order valence-electron chi connectivity index (χ4n) is 3.54. The highest BCUT2D eigenvalue weighted by atomic mass is 32.2. The molecule has 3 unspecified atom stereocenters. The highest BCUT2D eigenvalue weighted by Gasteiger charge is 2.45. The lowest BCUT2D eigenvalue weighted by molar-refractivity contribution is 0.0992. The van der Waals surface area contributed by atoms with E-state index in [2.05, 4.69) is 15.6 Å². The van der Waals surface area contributed by atoms with Crippen LogP contribution in [0.4, 0.5) is 0 Å². The zero-order chi connectivity index (χ0) is 15.1. The van der Waals surface area contributed by atoms with Gasteiger partial charge >= 0.3 is 0 Å². The number of ether oxygens (including phenoxy) is 1. The van der Waals surface area contributed by atoms with Gasteiger partial charge in [0.2, 0.25) is 0 Å². The second-order valence-corrected chi connectivity index (χ2v) is 9.00. The van der Waals surface area contributed by atoms with Gasteiger partial charge in [0.15, 0.2) is 5.96 Å². The molecule has 2 saturated heterocycles. The monoisotopic (exact) mass is 315 g/mol. The smallest absolute Gasteiger partial charge is 0.191 e. The van der Waals surface area contributed by atoms with Crippen LogP contribution >= 0.6 is 0 Å². The van der Waals surface area contributed by atoms with Crippen molar-refractivity contribution in [2.24, 2.45) is 10.4 Å². The third kappa shape index (κ3) is 3.69. The Kier molecular flexibility index (Phi) is 3.90. The molecule has 120 valence electrons. The summed E-state index contributed by atoms with van der Waals surface area (Å²) < 4.78 is 28.8. The fourth-order valence-corrected chi connectivity index (χ4v) is 5.04. The Morgan fingerprint density at radius 2 is 2.14 bits per heavy atom. The number of sulfone groups is 1. The summed E-state index contributed by atoms with van der Waals surface area (Å²) in [6, 6.07) is 0.333. The maximum absolute atomic E-state index is 11.5. The predicted molar refractivity (Wildman–Crippen MR) is 82.2 cm³/mol. The molecule has 1 aliphatic carbocycles. The molecule has 2 aliphatic heterocycles. The Bertz CT molecular complexity index is 528. The summed E-state index contributed by atoms with van der Waals surface area (Å²) in [5, 5.41) is 6.72. The van der Waals surface area contributed by atoms with Crippen LogP contribution < -0.4 is 10.6 Å². The van der Waals surface area contributed by atoms with Crippen LogP contribution in [-0.2, 0) is 14.6 Å². The summed E-state index contributed by atoms with van der Waals surface area (Å²) in [5.74, 6) is 1.03. The van der Waals surface area contributed by atoms with Crippen LogP contribution in [0, 0.1) is 5.41 Å². The minimum Gasteiger partial charge on any atom is -0.373 e. The highest BCUT2D eigenvalue weighted by molar-refractivity contribution is 7.90. The molecule has 0 aromatic heterocycles. The van der Waals surface area contributed by atoms with Crippen molar-refractivity contribution in [3.63, 3.8) is 0 Å². The Labute approximate surface area is 126 Å². The van der Waals surface area contributed by atoms with Crippen molar-refractivity contribution in [3.8, 4) is 0 Å². The molecule has 7 heteroatoms. The molecule has 21 heavy (non-hydrogen) atoms. The summed E-state index contributed by atoms with van der Waals surface area (Å²) in [6.07, 6.45) is 7.31. The third-order valence-electron chi connectivity index (χ3n) is 4.81. The molecular formula is C14H25N3O3S. The van der Waals surface area contributed by atoms with Gasteiger partial charge in [-0.15, -0.1) is 0 Å². The third-order valence-corrected chi connectivity index (χ3v) is 5.94. The first-order chi connectivity index (χ1) is 9.89. The average Bonchev–Trinajstić information content (AvgIpc) is 2.85. The van der Waals surface area contributed by atoms with E-state index in [4.69, 9.17) is 4.74 Å². The molecule has 2 N–H and O–H groups in total. The van der Waals surface area contributed by atoms with E-state index < -0.39 is 9.84 Å². The van der Waals surface area contributed by atoms with E-state index in [1.807, 2.05) is 0 Å². The molecule has 2 heterocycles. The number of guanidine groups is 1. The Balaban J connectivity index is 1.49. The first kappa shape index (κ1) is 15.1.